The summed E-state index contributed by atoms with van der Waals surface area (Å²) < 4.78 is 35.9. The molecule has 0 aliphatic carbocycles. The molecule has 1 saturated heterocycles. The summed E-state index contributed by atoms with van der Waals surface area (Å²) in [6, 6.07) is 7.49. The van der Waals surface area contributed by atoms with Crippen LogP contribution in [0.25, 0.3) is 0 Å². The van der Waals surface area contributed by atoms with Crippen molar-refractivity contribution in [3.8, 4) is 11.5 Å². The second kappa shape index (κ2) is 11.8. The fourth-order valence-electron chi connectivity index (χ4n) is 4.16. The van der Waals surface area contributed by atoms with Gasteiger partial charge in [0.2, 0.25) is 5.91 Å². The Kier molecular flexibility index (Phi) is 8.78. The summed E-state index contributed by atoms with van der Waals surface area (Å²) in [4.78, 5) is 42.2. The number of hydrogen-bond donors (Lipinski definition) is 2. The van der Waals surface area contributed by atoms with E-state index in [0.29, 0.717) is 18.5 Å². The minimum atomic E-state index is -2.98. The van der Waals surface area contributed by atoms with Gasteiger partial charge in [-0.05, 0) is 50.1 Å². The highest BCUT2D eigenvalue weighted by Crippen LogP contribution is 2.37. The van der Waals surface area contributed by atoms with Crippen molar-refractivity contribution < 1.29 is 32.6 Å². The van der Waals surface area contributed by atoms with Gasteiger partial charge in [-0.3, -0.25) is 19.4 Å². The Bertz CT molecular complexity index is 1090. The van der Waals surface area contributed by atoms with Gasteiger partial charge in [-0.2, -0.15) is 8.78 Å². The van der Waals surface area contributed by atoms with Crippen molar-refractivity contribution in [2.45, 2.75) is 51.9 Å². The number of benzene rings is 1. The Labute approximate surface area is 208 Å². The van der Waals surface area contributed by atoms with Crippen LogP contribution < -0.4 is 20.1 Å². The molecular formula is C25H30F2N4O5. The van der Waals surface area contributed by atoms with Gasteiger partial charge in [0.25, 0.3) is 11.8 Å². The van der Waals surface area contributed by atoms with Crippen LogP contribution in [0.3, 0.4) is 0 Å². The molecule has 1 aliphatic heterocycles. The van der Waals surface area contributed by atoms with Crippen LogP contribution in [0.2, 0.25) is 0 Å². The molecule has 36 heavy (non-hydrogen) atoms. The third-order valence-electron chi connectivity index (χ3n) is 5.82. The van der Waals surface area contributed by atoms with Crippen molar-refractivity contribution in [2.75, 3.05) is 20.1 Å². The lowest BCUT2D eigenvalue weighted by atomic mass is 9.96. The highest BCUT2D eigenvalue weighted by molar-refractivity contribution is 5.96. The standard InChI is InChI=1S/C25H30F2N4O5/c1-14(2)35-22-10-16(6-8-21(22)36-25(26)27)18-9-19(31(13-18)15(3)32)12-30-24(34)20-7-5-17(11-29-20)23(33)28-4/h5-8,10-11,14,18-19,25H,9,12-13H2,1-4H3,(H,28,33)(H,30,34)/t18-,19-/m1/s1. The average molecular weight is 505 g/mol. The number of aromatic nitrogens is 1. The predicted molar refractivity (Wildman–Crippen MR) is 127 cm³/mol. The van der Waals surface area contributed by atoms with E-state index in [-0.39, 0.29) is 53.6 Å². The van der Waals surface area contributed by atoms with E-state index < -0.39 is 12.5 Å². The number of nitrogens with zero attached hydrogens (tertiary/aromatic N) is 2. The number of ether oxygens (including phenoxy) is 2. The smallest absolute Gasteiger partial charge is 0.387 e. The average Bonchev–Trinajstić information content (AvgIpc) is 3.27. The van der Waals surface area contributed by atoms with E-state index in [1.807, 2.05) is 0 Å². The number of nitrogens with one attached hydrogen (secondary N) is 2. The number of pyridine rings is 1. The molecule has 1 aromatic heterocycles. The van der Waals surface area contributed by atoms with Crippen molar-refractivity contribution >= 4 is 17.7 Å². The maximum Gasteiger partial charge on any atom is 0.387 e. The number of halogens is 2. The third kappa shape index (κ3) is 6.67. The minimum absolute atomic E-state index is 0.0531. The molecule has 11 heteroatoms. The SMILES string of the molecule is CNC(=O)c1ccc(C(=O)NC[C@H]2C[C@@H](c3ccc(OC(F)F)c(OC(C)C)c3)CN2C(C)=O)nc1. The number of carbonyl (C=O) groups excluding carboxylic acids is 3. The first-order valence-electron chi connectivity index (χ1n) is 11.6. The van der Waals surface area contributed by atoms with E-state index in [1.165, 1.54) is 38.4 Å². The van der Waals surface area contributed by atoms with Crippen molar-refractivity contribution in [3.05, 3.63) is 53.3 Å². The molecular weight excluding hydrogens is 474 g/mol. The van der Waals surface area contributed by atoms with Crippen LogP contribution in [0.1, 0.15) is 59.5 Å². The van der Waals surface area contributed by atoms with E-state index in [4.69, 9.17) is 4.74 Å². The number of carbonyl (C=O) groups is 3. The molecule has 194 valence electrons. The molecule has 2 N–H and O–H groups in total. The van der Waals surface area contributed by atoms with Gasteiger partial charge in [-0.15, -0.1) is 0 Å². The molecule has 1 aliphatic rings. The monoisotopic (exact) mass is 504 g/mol. The fraction of sp³-hybridized carbons (Fsp3) is 0.440. The van der Waals surface area contributed by atoms with Crippen LogP contribution in [0.5, 0.6) is 11.5 Å². The van der Waals surface area contributed by atoms with Crippen LogP contribution in [0, 0.1) is 0 Å². The van der Waals surface area contributed by atoms with Crippen molar-refractivity contribution in [2.24, 2.45) is 0 Å². The second-order valence-electron chi connectivity index (χ2n) is 8.73. The van der Waals surface area contributed by atoms with Crippen LogP contribution in [0.15, 0.2) is 36.5 Å². The zero-order valence-electron chi connectivity index (χ0n) is 20.6. The van der Waals surface area contributed by atoms with E-state index in [0.717, 1.165) is 5.56 Å². The molecule has 2 atom stereocenters. The molecule has 2 aromatic rings. The normalized spacial score (nSPS) is 17.3. The summed E-state index contributed by atoms with van der Waals surface area (Å²) in [6.07, 6.45) is 1.62. The summed E-state index contributed by atoms with van der Waals surface area (Å²) in [5.74, 6) is -0.800. The zero-order chi connectivity index (χ0) is 26.4. The van der Waals surface area contributed by atoms with Crippen molar-refractivity contribution in [3.63, 3.8) is 0 Å². The quantitative estimate of drug-likeness (QED) is 0.544. The maximum absolute atomic E-state index is 12.8. The van der Waals surface area contributed by atoms with Gasteiger partial charge in [0.1, 0.15) is 5.69 Å². The summed E-state index contributed by atoms with van der Waals surface area (Å²) in [6.45, 7) is 2.66. The number of hydrogen-bond acceptors (Lipinski definition) is 6. The summed E-state index contributed by atoms with van der Waals surface area (Å²) in [7, 11) is 1.50. The Morgan fingerprint density at radius 1 is 1.11 bits per heavy atom. The summed E-state index contributed by atoms with van der Waals surface area (Å²) in [5, 5.41) is 5.29. The van der Waals surface area contributed by atoms with Gasteiger partial charge in [0, 0.05) is 45.2 Å². The van der Waals surface area contributed by atoms with Crippen LogP contribution in [-0.4, -0.2) is 66.5 Å². The lowest BCUT2D eigenvalue weighted by Gasteiger charge is -2.23. The number of amides is 3. The molecule has 0 unspecified atom stereocenters. The van der Waals surface area contributed by atoms with Crippen LogP contribution in [0.4, 0.5) is 8.78 Å². The Balaban J connectivity index is 1.71. The van der Waals surface area contributed by atoms with Gasteiger partial charge in [-0.25, -0.2) is 0 Å². The van der Waals surface area contributed by atoms with Gasteiger partial charge < -0.3 is 25.0 Å². The summed E-state index contributed by atoms with van der Waals surface area (Å²) >= 11 is 0. The van der Waals surface area contributed by atoms with Gasteiger partial charge in [0.05, 0.1) is 11.7 Å². The van der Waals surface area contributed by atoms with E-state index >= 15 is 0 Å². The zero-order valence-corrected chi connectivity index (χ0v) is 20.6. The molecule has 0 saturated carbocycles. The number of alkyl halides is 2. The lowest BCUT2D eigenvalue weighted by Crippen LogP contribution is -2.42. The highest BCUT2D eigenvalue weighted by atomic mass is 19.3. The lowest BCUT2D eigenvalue weighted by molar-refractivity contribution is -0.129. The molecule has 1 aromatic carbocycles. The Morgan fingerprint density at radius 2 is 1.86 bits per heavy atom. The molecule has 0 spiro atoms. The van der Waals surface area contributed by atoms with Crippen molar-refractivity contribution in [1.29, 1.82) is 0 Å². The maximum atomic E-state index is 12.8. The fourth-order valence-corrected chi connectivity index (χ4v) is 4.16. The van der Waals surface area contributed by atoms with Crippen LogP contribution in [-0.2, 0) is 4.79 Å². The molecule has 3 rings (SSSR count). The Morgan fingerprint density at radius 3 is 2.44 bits per heavy atom. The summed E-state index contributed by atoms with van der Waals surface area (Å²) in [5.41, 5.74) is 1.30. The minimum Gasteiger partial charge on any atom is -0.487 e. The molecule has 2 heterocycles. The van der Waals surface area contributed by atoms with Crippen molar-refractivity contribution in [1.82, 2.24) is 20.5 Å². The predicted octanol–water partition coefficient (Wildman–Crippen LogP) is 2.96. The van der Waals surface area contributed by atoms with E-state index in [1.54, 1.807) is 30.9 Å². The number of rotatable bonds is 9. The first kappa shape index (κ1) is 26.8. The topological polar surface area (TPSA) is 110 Å². The van der Waals surface area contributed by atoms with E-state index in [2.05, 4.69) is 20.4 Å². The first-order chi connectivity index (χ1) is 17.1. The second-order valence-corrected chi connectivity index (χ2v) is 8.73. The molecule has 9 nitrogen and oxygen atoms in total. The molecule has 1 fully saturated rings. The Hall–Kier alpha value is -3.76. The molecule has 0 radical (unpaired) electrons. The third-order valence-corrected chi connectivity index (χ3v) is 5.82. The van der Waals surface area contributed by atoms with Gasteiger partial charge in [0.15, 0.2) is 11.5 Å². The van der Waals surface area contributed by atoms with Crippen LogP contribution >= 0.6 is 0 Å². The molecule has 0 bridgehead atoms. The molecule has 3 amide bonds. The van der Waals surface area contributed by atoms with E-state index in [9.17, 15) is 23.2 Å². The largest absolute Gasteiger partial charge is 0.487 e. The van der Waals surface area contributed by atoms with Gasteiger partial charge in [-0.1, -0.05) is 6.07 Å². The number of likely N-dealkylation sites (tertiary alicyclic amines) is 1. The highest BCUT2D eigenvalue weighted by Gasteiger charge is 2.35. The van der Waals surface area contributed by atoms with Gasteiger partial charge >= 0.3 is 6.61 Å². The first-order valence-corrected chi connectivity index (χ1v) is 11.6.